The minimum atomic E-state index is -0.892. The quantitative estimate of drug-likeness (QED) is 0.579. The van der Waals surface area contributed by atoms with Crippen molar-refractivity contribution in [2.45, 2.75) is 51.2 Å². The Kier molecular flexibility index (Phi) is 5.67. The number of rotatable bonds is 6. The van der Waals surface area contributed by atoms with E-state index in [2.05, 4.69) is 25.7 Å². The normalized spacial score (nSPS) is 19.6. The van der Waals surface area contributed by atoms with Crippen molar-refractivity contribution in [3.63, 3.8) is 0 Å². The molecule has 158 valence electrons. The number of carbonyl (C=O) groups is 1. The van der Waals surface area contributed by atoms with E-state index in [0.29, 0.717) is 11.8 Å². The van der Waals surface area contributed by atoms with Crippen LogP contribution in [0.3, 0.4) is 0 Å². The second-order valence-corrected chi connectivity index (χ2v) is 8.58. The number of aliphatic hydroxyl groups is 1. The monoisotopic (exact) mass is 408 g/mol. The lowest BCUT2D eigenvalue weighted by molar-refractivity contribution is -0.127. The summed E-state index contributed by atoms with van der Waals surface area (Å²) in [6, 6.07) is 10.1. The predicted octanol–water partition coefficient (Wildman–Crippen LogP) is 2.67. The van der Waals surface area contributed by atoms with Gasteiger partial charge in [0, 0.05) is 36.2 Å². The number of hydrogen-bond donors (Lipinski definition) is 3. The van der Waals surface area contributed by atoms with Gasteiger partial charge in [-0.3, -0.25) is 4.79 Å². The molecule has 30 heavy (non-hydrogen) atoms. The Morgan fingerprint density at radius 3 is 2.73 bits per heavy atom. The molecule has 1 aliphatic rings. The van der Waals surface area contributed by atoms with Crippen LogP contribution < -0.4 is 10.6 Å². The van der Waals surface area contributed by atoms with Gasteiger partial charge in [0.15, 0.2) is 5.82 Å². The molecule has 2 heterocycles. The summed E-state index contributed by atoms with van der Waals surface area (Å²) >= 11 is 0. The molecule has 1 fully saturated rings. The Balaban J connectivity index is 1.36. The van der Waals surface area contributed by atoms with Crippen LogP contribution in [0.1, 0.15) is 39.5 Å². The van der Waals surface area contributed by atoms with Crippen molar-refractivity contribution in [1.82, 2.24) is 25.1 Å². The van der Waals surface area contributed by atoms with Gasteiger partial charge in [-0.15, -0.1) is 0 Å². The topological polar surface area (TPSA) is 105 Å². The Labute approximate surface area is 175 Å². The lowest BCUT2D eigenvalue weighted by Gasteiger charge is -2.29. The molecule has 0 saturated heterocycles. The van der Waals surface area contributed by atoms with Gasteiger partial charge in [0.05, 0.1) is 17.3 Å². The second kappa shape index (κ2) is 8.39. The molecule has 0 spiro atoms. The van der Waals surface area contributed by atoms with Gasteiger partial charge >= 0.3 is 0 Å². The molecule has 3 aromatic rings. The highest BCUT2D eigenvalue weighted by atomic mass is 16.3. The molecule has 0 bridgehead atoms. The number of amides is 1. The summed E-state index contributed by atoms with van der Waals surface area (Å²) in [4.78, 5) is 21.3. The average molecular weight is 409 g/mol. The van der Waals surface area contributed by atoms with Gasteiger partial charge in [0.1, 0.15) is 0 Å². The molecule has 2 aromatic heterocycles. The highest BCUT2D eigenvalue weighted by molar-refractivity contribution is 5.80. The summed E-state index contributed by atoms with van der Waals surface area (Å²) < 4.78 is 1.81. The zero-order chi connectivity index (χ0) is 21.1. The minimum absolute atomic E-state index is 0.00640. The van der Waals surface area contributed by atoms with Crippen molar-refractivity contribution < 1.29 is 9.90 Å². The number of hydrogen-bond acceptors (Lipinski definition) is 6. The standard InChI is InChI=1S/C22H28N6O2/c1-22(2,30)14-24-20(29)15-7-9-17(10-8-15)26-21-23-12-11-19(27-21)28-18-6-4-3-5-16(18)13-25-28/h3-6,11-13,15,17,30H,7-10,14H2,1-2H3,(H,24,29)(H,23,26,27). The van der Waals surface area contributed by atoms with Crippen LogP contribution in [0.15, 0.2) is 42.7 Å². The first-order valence-corrected chi connectivity index (χ1v) is 10.4. The molecule has 1 aliphatic carbocycles. The van der Waals surface area contributed by atoms with E-state index < -0.39 is 5.60 Å². The molecule has 8 heteroatoms. The number of fused-ring (bicyclic) bond motifs is 1. The maximum absolute atomic E-state index is 12.3. The average Bonchev–Trinajstić information content (AvgIpc) is 3.16. The third-order valence-corrected chi connectivity index (χ3v) is 5.46. The van der Waals surface area contributed by atoms with E-state index >= 15 is 0 Å². The van der Waals surface area contributed by atoms with Crippen molar-refractivity contribution in [3.8, 4) is 5.82 Å². The summed E-state index contributed by atoms with van der Waals surface area (Å²) in [5.41, 5.74) is 0.108. The summed E-state index contributed by atoms with van der Waals surface area (Å²) in [5, 5.41) is 21.6. The van der Waals surface area contributed by atoms with Crippen LogP contribution >= 0.6 is 0 Å². The number of benzene rings is 1. The zero-order valence-electron chi connectivity index (χ0n) is 17.4. The Hall–Kier alpha value is -3.00. The van der Waals surface area contributed by atoms with Crippen LogP contribution in [0.5, 0.6) is 0 Å². The van der Waals surface area contributed by atoms with Gasteiger partial charge in [-0.1, -0.05) is 18.2 Å². The number of para-hydroxylation sites is 1. The molecule has 1 saturated carbocycles. The predicted molar refractivity (Wildman–Crippen MR) is 115 cm³/mol. The smallest absolute Gasteiger partial charge is 0.224 e. The Morgan fingerprint density at radius 1 is 1.20 bits per heavy atom. The van der Waals surface area contributed by atoms with Gasteiger partial charge in [-0.25, -0.2) is 9.67 Å². The lowest BCUT2D eigenvalue weighted by Crippen LogP contribution is -2.42. The third-order valence-electron chi connectivity index (χ3n) is 5.46. The van der Waals surface area contributed by atoms with E-state index in [1.54, 1.807) is 20.0 Å². The fourth-order valence-electron chi connectivity index (χ4n) is 3.82. The van der Waals surface area contributed by atoms with Crippen molar-refractivity contribution in [2.75, 3.05) is 11.9 Å². The highest BCUT2D eigenvalue weighted by Gasteiger charge is 2.27. The van der Waals surface area contributed by atoms with E-state index in [0.717, 1.165) is 36.6 Å². The van der Waals surface area contributed by atoms with Crippen LogP contribution in [-0.4, -0.2) is 48.9 Å². The van der Waals surface area contributed by atoms with E-state index in [-0.39, 0.29) is 24.4 Å². The molecule has 4 rings (SSSR count). The van der Waals surface area contributed by atoms with Crippen LogP contribution in [0.4, 0.5) is 5.95 Å². The first kappa shape index (κ1) is 20.3. The van der Waals surface area contributed by atoms with Crippen molar-refractivity contribution in [1.29, 1.82) is 0 Å². The maximum Gasteiger partial charge on any atom is 0.224 e. The summed E-state index contributed by atoms with van der Waals surface area (Å²) in [6.07, 6.45) is 6.92. The molecule has 0 radical (unpaired) electrons. The number of anilines is 1. The Bertz CT molecular complexity index is 1020. The zero-order valence-corrected chi connectivity index (χ0v) is 17.4. The molecule has 0 aliphatic heterocycles. The van der Waals surface area contributed by atoms with Crippen LogP contribution in [0.2, 0.25) is 0 Å². The third kappa shape index (κ3) is 4.76. The largest absolute Gasteiger partial charge is 0.389 e. The summed E-state index contributed by atoms with van der Waals surface area (Å²) in [5.74, 6) is 1.31. The van der Waals surface area contributed by atoms with Crippen molar-refractivity contribution >= 4 is 22.8 Å². The minimum Gasteiger partial charge on any atom is -0.389 e. The van der Waals surface area contributed by atoms with Gasteiger partial charge < -0.3 is 15.7 Å². The molecule has 1 amide bonds. The molecular weight excluding hydrogens is 380 g/mol. The number of nitrogens with zero attached hydrogens (tertiary/aromatic N) is 4. The van der Waals surface area contributed by atoms with Crippen LogP contribution in [-0.2, 0) is 4.79 Å². The summed E-state index contributed by atoms with van der Waals surface area (Å²) in [6.45, 7) is 3.65. The fraction of sp³-hybridized carbons (Fsp3) is 0.455. The van der Waals surface area contributed by atoms with E-state index in [4.69, 9.17) is 0 Å². The van der Waals surface area contributed by atoms with Crippen molar-refractivity contribution in [2.24, 2.45) is 5.92 Å². The van der Waals surface area contributed by atoms with Gasteiger partial charge in [-0.2, -0.15) is 10.1 Å². The maximum atomic E-state index is 12.3. The molecule has 0 atom stereocenters. The number of nitrogens with one attached hydrogen (secondary N) is 2. The first-order chi connectivity index (χ1) is 14.4. The van der Waals surface area contributed by atoms with Crippen molar-refractivity contribution in [3.05, 3.63) is 42.7 Å². The fourth-order valence-corrected chi connectivity index (χ4v) is 3.82. The van der Waals surface area contributed by atoms with Crippen LogP contribution in [0, 0.1) is 5.92 Å². The molecule has 1 aromatic carbocycles. The number of carbonyl (C=O) groups excluding carboxylic acids is 1. The van der Waals surface area contributed by atoms with Crippen LogP contribution in [0.25, 0.3) is 16.7 Å². The van der Waals surface area contributed by atoms with Gasteiger partial charge in [0.25, 0.3) is 0 Å². The highest BCUT2D eigenvalue weighted by Crippen LogP contribution is 2.26. The second-order valence-electron chi connectivity index (χ2n) is 8.58. The first-order valence-electron chi connectivity index (χ1n) is 10.4. The molecule has 3 N–H and O–H groups in total. The van der Waals surface area contributed by atoms with E-state index in [9.17, 15) is 9.90 Å². The Morgan fingerprint density at radius 2 is 1.97 bits per heavy atom. The summed E-state index contributed by atoms with van der Waals surface area (Å²) in [7, 11) is 0. The van der Waals surface area contributed by atoms with E-state index in [1.807, 2.05) is 41.2 Å². The van der Waals surface area contributed by atoms with Gasteiger partial charge in [0.2, 0.25) is 11.9 Å². The molecule has 0 unspecified atom stereocenters. The SMILES string of the molecule is CC(C)(O)CNC(=O)C1CCC(Nc2nccc(-n3ncc4ccccc43)n2)CC1. The van der Waals surface area contributed by atoms with E-state index in [1.165, 1.54) is 0 Å². The van der Waals surface area contributed by atoms with Gasteiger partial charge in [-0.05, 0) is 45.6 Å². The lowest BCUT2D eigenvalue weighted by atomic mass is 9.85. The molecule has 8 nitrogen and oxygen atoms in total. The number of aromatic nitrogens is 4. The molecular formula is C22H28N6O2.